The Morgan fingerprint density at radius 1 is 1.69 bits per heavy atom. The highest BCUT2D eigenvalue weighted by molar-refractivity contribution is 7.09. The van der Waals surface area contributed by atoms with Gasteiger partial charge in [-0.2, -0.15) is 0 Å². The Labute approximate surface area is 100 Å². The van der Waals surface area contributed by atoms with Crippen LogP contribution in [-0.4, -0.2) is 23.5 Å². The van der Waals surface area contributed by atoms with Gasteiger partial charge in [-0.15, -0.1) is 11.3 Å². The van der Waals surface area contributed by atoms with Gasteiger partial charge in [0.05, 0.1) is 11.0 Å². The zero-order valence-electron chi connectivity index (χ0n) is 9.82. The molecule has 0 spiro atoms. The van der Waals surface area contributed by atoms with E-state index in [1.54, 1.807) is 11.3 Å². The summed E-state index contributed by atoms with van der Waals surface area (Å²) in [5.74, 6) is -0.0601. The van der Waals surface area contributed by atoms with E-state index in [1.165, 1.54) is 0 Å². The number of amides is 1. The SMILES string of the molecule is CCC[C@@H](N)C(=O)NCCc1nc(C)cs1. The van der Waals surface area contributed by atoms with Crippen LogP contribution in [0.5, 0.6) is 0 Å². The minimum absolute atomic E-state index is 0.0601. The molecule has 1 heterocycles. The van der Waals surface area contributed by atoms with Crippen molar-refractivity contribution in [3.8, 4) is 0 Å². The topological polar surface area (TPSA) is 68.0 Å². The lowest BCUT2D eigenvalue weighted by atomic mass is 10.2. The molecule has 16 heavy (non-hydrogen) atoms. The van der Waals surface area contributed by atoms with Crippen LogP contribution in [-0.2, 0) is 11.2 Å². The lowest BCUT2D eigenvalue weighted by molar-refractivity contribution is -0.122. The maximum Gasteiger partial charge on any atom is 0.236 e. The van der Waals surface area contributed by atoms with Crippen LogP contribution in [0, 0.1) is 6.92 Å². The predicted molar refractivity (Wildman–Crippen MR) is 66.4 cm³/mol. The molecular weight excluding hydrogens is 222 g/mol. The molecule has 0 unspecified atom stereocenters. The molecule has 90 valence electrons. The maximum atomic E-state index is 11.5. The Morgan fingerprint density at radius 3 is 3.00 bits per heavy atom. The van der Waals surface area contributed by atoms with Crippen LogP contribution in [0.1, 0.15) is 30.5 Å². The number of nitrogens with one attached hydrogen (secondary N) is 1. The third-order valence-corrected chi connectivity index (χ3v) is 3.27. The van der Waals surface area contributed by atoms with Crippen molar-refractivity contribution in [1.29, 1.82) is 0 Å². The lowest BCUT2D eigenvalue weighted by Gasteiger charge is -2.10. The van der Waals surface area contributed by atoms with E-state index in [9.17, 15) is 4.79 Å². The lowest BCUT2D eigenvalue weighted by Crippen LogP contribution is -2.41. The number of nitrogens with two attached hydrogens (primary N) is 1. The molecule has 1 aromatic rings. The van der Waals surface area contributed by atoms with E-state index in [4.69, 9.17) is 5.73 Å². The number of nitrogens with zero attached hydrogens (tertiary/aromatic N) is 1. The zero-order valence-corrected chi connectivity index (χ0v) is 10.6. The standard InChI is InChI=1S/C11H19N3OS/c1-3-4-9(12)11(15)13-6-5-10-14-8(2)7-16-10/h7,9H,3-6,12H2,1-2H3,(H,13,15)/t9-/m1/s1. The molecule has 0 aliphatic carbocycles. The summed E-state index contributed by atoms with van der Waals surface area (Å²) < 4.78 is 0. The van der Waals surface area contributed by atoms with Gasteiger partial charge in [-0.1, -0.05) is 13.3 Å². The second kappa shape index (κ2) is 6.60. The minimum atomic E-state index is -0.372. The summed E-state index contributed by atoms with van der Waals surface area (Å²) in [6.07, 6.45) is 2.45. The van der Waals surface area contributed by atoms with E-state index in [0.29, 0.717) is 6.54 Å². The molecule has 3 N–H and O–H groups in total. The summed E-state index contributed by atoms with van der Waals surface area (Å²) in [6.45, 7) is 4.60. The van der Waals surface area contributed by atoms with Crippen molar-refractivity contribution in [1.82, 2.24) is 10.3 Å². The molecule has 1 atom stereocenters. The van der Waals surface area contributed by atoms with Gasteiger partial charge in [0, 0.05) is 24.0 Å². The zero-order chi connectivity index (χ0) is 12.0. The molecule has 0 bridgehead atoms. The van der Waals surface area contributed by atoms with Crippen molar-refractivity contribution in [2.24, 2.45) is 5.73 Å². The molecule has 4 nitrogen and oxygen atoms in total. The highest BCUT2D eigenvalue weighted by Gasteiger charge is 2.11. The fourth-order valence-corrected chi connectivity index (χ4v) is 2.16. The molecule has 5 heteroatoms. The number of aryl methyl sites for hydroxylation is 1. The second-order valence-corrected chi connectivity index (χ2v) is 4.76. The van der Waals surface area contributed by atoms with Gasteiger partial charge in [0.1, 0.15) is 0 Å². The van der Waals surface area contributed by atoms with E-state index in [0.717, 1.165) is 30.0 Å². The maximum absolute atomic E-state index is 11.5. The predicted octanol–water partition coefficient (Wildman–Crippen LogP) is 1.24. The van der Waals surface area contributed by atoms with Crippen LogP contribution in [0.25, 0.3) is 0 Å². The number of thiazole rings is 1. The Balaban J connectivity index is 2.22. The molecule has 1 rings (SSSR count). The first kappa shape index (κ1) is 13.1. The minimum Gasteiger partial charge on any atom is -0.354 e. The molecule has 0 radical (unpaired) electrons. The van der Waals surface area contributed by atoms with Crippen molar-refractivity contribution in [2.75, 3.05) is 6.54 Å². The van der Waals surface area contributed by atoms with E-state index in [1.807, 2.05) is 19.2 Å². The van der Waals surface area contributed by atoms with Gasteiger partial charge in [-0.25, -0.2) is 4.98 Å². The molecule has 0 aliphatic heterocycles. The Kier molecular flexibility index (Phi) is 5.42. The molecule has 0 saturated carbocycles. The summed E-state index contributed by atoms with van der Waals surface area (Å²) in [5, 5.41) is 5.90. The van der Waals surface area contributed by atoms with Gasteiger partial charge in [0.15, 0.2) is 0 Å². The molecule has 1 aromatic heterocycles. The van der Waals surface area contributed by atoms with E-state index in [-0.39, 0.29) is 11.9 Å². The number of carbonyl (C=O) groups excluding carboxylic acids is 1. The van der Waals surface area contributed by atoms with Crippen molar-refractivity contribution in [3.63, 3.8) is 0 Å². The first-order valence-electron chi connectivity index (χ1n) is 5.57. The van der Waals surface area contributed by atoms with Crippen LogP contribution < -0.4 is 11.1 Å². The Hall–Kier alpha value is -0.940. The Bertz CT molecular complexity index is 338. The number of rotatable bonds is 6. The van der Waals surface area contributed by atoms with E-state index < -0.39 is 0 Å². The highest BCUT2D eigenvalue weighted by atomic mass is 32.1. The summed E-state index contributed by atoms with van der Waals surface area (Å²) in [5.41, 5.74) is 6.72. The van der Waals surface area contributed by atoms with Gasteiger partial charge < -0.3 is 11.1 Å². The number of hydrogen-bond donors (Lipinski definition) is 2. The average Bonchev–Trinajstić information content (AvgIpc) is 2.64. The molecular formula is C11H19N3OS. The fraction of sp³-hybridized carbons (Fsp3) is 0.636. The normalized spacial score (nSPS) is 12.4. The molecule has 0 fully saturated rings. The largest absolute Gasteiger partial charge is 0.354 e. The first-order valence-corrected chi connectivity index (χ1v) is 6.45. The monoisotopic (exact) mass is 241 g/mol. The van der Waals surface area contributed by atoms with Gasteiger partial charge in [0.2, 0.25) is 5.91 Å². The summed E-state index contributed by atoms with van der Waals surface area (Å²) in [4.78, 5) is 15.8. The molecule has 1 amide bonds. The van der Waals surface area contributed by atoms with Gasteiger partial charge in [-0.05, 0) is 13.3 Å². The quantitative estimate of drug-likeness (QED) is 0.787. The van der Waals surface area contributed by atoms with Gasteiger partial charge >= 0.3 is 0 Å². The third kappa shape index (κ3) is 4.28. The third-order valence-electron chi connectivity index (χ3n) is 2.24. The molecule has 0 aliphatic rings. The van der Waals surface area contributed by atoms with Crippen LogP contribution in [0.4, 0.5) is 0 Å². The average molecular weight is 241 g/mol. The van der Waals surface area contributed by atoms with Crippen molar-refractivity contribution < 1.29 is 4.79 Å². The van der Waals surface area contributed by atoms with Crippen molar-refractivity contribution >= 4 is 17.2 Å². The van der Waals surface area contributed by atoms with Crippen molar-refractivity contribution in [2.45, 2.75) is 39.2 Å². The molecule has 0 saturated heterocycles. The van der Waals surface area contributed by atoms with Crippen LogP contribution in [0.15, 0.2) is 5.38 Å². The number of aromatic nitrogens is 1. The molecule has 0 aromatic carbocycles. The summed E-state index contributed by atoms with van der Waals surface area (Å²) in [7, 11) is 0. The van der Waals surface area contributed by atoms with Gasteiger partial charge in [0.25, 0.3) is 0 Å². The van der Waals surface area contributed by atoms with Crippen molar-refractivity contribution in [3.05, 3.63) is 16.1 Å². The van der Waals surface area contributed by atoms with E-state index in [2.05, 4.69) is 10.3 Å². The second-order valence-electron chi connectivity index (χ2n) is 3.82. The van der Waals surface area contributed by atoms with Gasteiger partial charge in [-0.3, -0.25) is 4.79 Å². The number of carbonyl (C=O) groups is 1. The summed E-state index contributed by atoms with van der Waals surface area (Å²) in [6, 6.07) is -0.372. The summed E-state index contributed by atoms with van der Waals surface area (Å²) >= 11 is 1.63. The van der Waals surface area contributed by atoms with Crippen LogP contribution >= 0.6 is 11.3 Å². The fourth-order valence-electron chi connectivity index (χ4n) is 1.38. The van der Waals surface area contributed by atoms with Crippen LogP contribution in [0.2, 0.25) is 0 Å². The van der Waals surface area contributed by atoms with E-state index >= 15 is 0 Å². The Morgan fingerprint density at radius 2 is 2.44 bits per heavy atom. The first-order chi connectivity index (χ1) is 7.63. The smallest absolute Gasteiger partial charge is 0.236 e. The van der Waals surface area contributed by atoms with Crippen LogP contribution in [0.3, 0.4) is 0 Å². The number of hydrogen-bond acceptors (Lipinski definition) is 4. The highest BCUT2D eigenvalue weighted by Crippen LogP contribution is 2.08.